The average molecular weight is 232 g/mol. The van der Waals surface area contributed by atoms with Crippen LogP contribution in [0.5, 0.6) is 0 Å². The number of aliphatic hydroxyl groups excluding tert-OH is 1. The monoisotopic (exact) mass is 232 g/mol. The van der Waals surface area contributed by atoms with Gasteiger partial charge >= 0.3 is 0 Å². The van der Waals surface area contributed by atoms with Crippen molar-refractivity contribution < 1.29 is 5.11 Å². The van der Waals surface area contributed by atoms with Gasteiger partial charge in [-0.1, -0.05) is 24.3 Å². The van der Waals surface area contributed by atoms with Gasteiger partial charge in [0.15, 0.2) is 0 Å². The normalized spacial score (nSPS) is 22.2. The second kappa shape index (κ2) is 4.77. The Morgan fingerprint density at radius 1 is 1.18 bits per heavy atom. The van der Waals surface area contributed by atoms with Gasteiger partial charge in [0.1, 0.15) is 0 Å². The summed E-state index contributed by atoms with van der Waals surface area (Å²) in [5.74, 6) is 0. The van der Waals surface area contributed by atoms with E-state index in [0.717, 1.165) is 26.2 Å². The smallest absolute Gasteiger partial charge is 0.0558 e. The summed E-state index contributed by atoms with van der Waals surface area (Å²) >= 11 is 0. The molecule has 3 rings (SSSR count). The van der Waals surface area contributed by atoms with Crippen molar-refractivity contribution in [3.05, 3.63) is 35.4 Å². The maximum absolute atomic E-state index is 8.87. The molecule has 1 fully saturated rings. The maximum Gasteiger partial charge on any atom is 0.0558 e. The lowest BCUT2D eigenvalue weighted by molar-refractivity contribution is 0.0168. The van der Waals surface area contributed by atoms with E-state index in [1.807, 2.05) is 0 Å². The quantitative estimate of drug-likeness (QED) is 0.832. The van der Waals surface area contributed by atoms with Crippen LogP contribution in [0.2, 0.25) is 0 Å². The highest BCUT2D eigenvalue weighted by molar-refractivity contribution is 5.29. The zero-order valence-corrected chi connectivity index (χ0v) is 10.2. The topological polar surface area (TPSA) is 26.7 Å². The highest BCUT2D eigenvalue weighted by Crippen LogP contribution is 2.23. The van der Waals surface area contributed by atoms with Gasteiger partial charge in [-0.05, 0) is 17.5 Å². The van der Waals surface area contributed by atoms with Crippen molar-refractivity contribution in [2.24, 2.45) is 0 Å². The third kappa shape index (κ3) is 2.23. The molecule has 0 aromatic heterocycles. The molecule has 0 radical (unpaired) electrons. The summed E-state index contributed by atoms with van der Waals surface area (Å²) in [5.41, 5.74) is 3.02. The first-order chi connectivity index (χ1) is 8.36. The molecule has 2 aliphatic heterocycles. The van der Waals surface area contributed by atoms with Crippen molar-refractivity contribution in [2.45, 2.75) is 19.0 Å². The number of hydrogen-bond acceptors (Lipinski definition) is 3. The Balaban J connectivity index is 1.58. The zero-order valence-electron chi connectivity index (χ0n) is 10.2. The van der Waals surface area contributed by atoms with Crippen LogP contribution in [0.3, 0.4) is 0 Å². The van der Waals surface area contributed by atoms with Crippen LogP contribution in [0.15, 0.2) is 24.3 Å². The number of aliphatic hydroxyl groups is 1. The molecule has 0 bridgehead atoms. The molecular formula is C14H20N2O. The van der Waals surface area contributed by atoms with Gasteiger partial charge in [-0.25, -0.2) is 0 Å². The van der Waals surface area contributed by atoms with Crippen LogP contribution in [-0.2, 0) is 13.0 Å². The van der Waals surface area contributed by atoms with Crippen molar-refractivity contribution >= 4 is 0 Å². The predicted octanol–water partition coefficient (Wildman–Crippen LogP) is 0.721. The standard InChI is InChI=1S/C14H20N2O/c17-8-7-15-10-14(11-15)16-6-5-12-3-1-2-4-13(12)9-16/h1-4,14,17H,5-11H2. The molecule has 3 nitrogen and oxygen atoms in total. The number of nitrogens with zero attached hydrogens (tertiary/aromatic N) is 2. The van der Waals surface area contributed by atoms with E-state index < -0.39 is 0 Å². The lowest BCUT2D eigenvalue weighted by atomic mass is 9.96. The van der Waals surface area contributed by atoms with E-state index in [2.05, 4.69) is 34.1 Å². The fourth-order valence-electron chi connectivity index (χ4n) is 2.93. The lowest BCUT2D eigenvalue weighted by Gasteiger charge is -2.46. The molecule has 0 spiro atoms. The summed E-state index contributed by atoms with van der Waals surface area (Å²) < 4.78 is 0. The lowest BCUT2D eigenvalue weighted by Crippen LogP contribution is -2.60. The molecule has 1 saturated heterocycles. The van der Waals surface area contributed by atoms with Crippen LogP contribution in [-0.4, -0.2) is 53.7 Å². The van der Waals surface area contributed by atoms with Gasteiger partial charge in [-0.3, -0.25) is 9.80 Å². The van der Waals surface area contributed by atoms with E-state index >= 15 is 0 Å². The number of β-amino-alcohol motifs (C(OH)–C–C–N with tert-alkyl or cyclic N) is 1. The van der Waals surface area contributed by atoms with Crippen molar-refractivity contribution in [3.8, 4) is 0 Å². The highest BCUT2D eigenvalue weighted by Gasteiger charge is 2.32. The summed E-state index contributed by atoms with van der Waals surface area (Å²) in [6.45, 7) is 5.67. The summed E-state index contributed by atoms with van der Waals surface area (Å²) in [5, 5.41) is 8.87. The van der Waals surface area contributed by atoms with Crippen LogP contribution >= 0.6 is 0 Å². The van der Waals surface area contributed by atoms with E-state index in [4.69, 9.17) is 5.11 Å². The molecule has 0 saturated carbocycles. The Hall–Kier alpha value is -0.900. The number of benzene rings is 1. The van der Waals surface area contributed by atoms with Crippen LogP contribution in [0, 0.1) is 0 Å². The first-order valence-electron chi connectivity index (χ1n) is 6.51. The second-order valence-electron chi connectivity index (χ2n) is 5.13. The fourth-order valence-corrected chi connectivity index (χ4v) is 2.93. The molecular weight excluding hydrogens is 212 g/mol. The molecule has 1 aromatic rings. The number of hydrogen-bond donors (Lipinski definition) is 1. The molecule has 92 valence electrons. The van der Waals surface area contributed by atoms with E-state index in [0.29, 0.717) is 6.04 Å². The third-order valence-corrected chi connectivity index (χ3v) is 4.03. The number of rotatable bonds is 3. The van der Waals surface area contributed by atoms with Gasteiger partial charge in [-0.15, -0.1) is 0 Å². The van der Waals surface area contributed by atoms with Gasteiger partial charge in [0.25, 0.3) is 0 Å². The van der Waals surface area contributed by atoms with Crippen LogP contribution < -0.4 is 0 Å². The summed E-state index contributed by atoms with van der Waals surface area (Å²) in [7, 11) is 0. The van der Waals surface area contributed by atoms with Gasteiger partial charge in [-0.2, -0.15) is 0 Å². The summed E-state index contributed by atoms with van der Waals surface area (Å²) in [6, 6.07) is 9.49. The molecule has 2 aliphatic rings. The van der Waals surface area contributed by atoms with Crippen molar-refractivity contribution in [1.82, 2.24) is 9.80 Å². The number of fused-ring (bicyclic) bond motifs is 1. The molecule has 0 atom stereocenters. The molecule has 1 aromatic carbocycles. The Bertz CT molecular complexity index is 388. The van der Waals surface area contributed by atoms with Crippen molar-refractivity contribution in [3.63, 3.8) is 0 Å². The first kappa shape index (κ1) is 11.2. The minimum absolute atomic E-state index is 0.287. The maximum atomic E-state index is 8.87. The summed E-state index contributed by atoms with van der Waals surface area (Å²) in [6.07, 6.45) is 1.19. The summed E-state index contributed by atoms with van der Waals surface area (Å²) in [4.78, 5) is 4.92. The van der Waals surface area contributed by atoms with Crippen molar-refractivity contribution in [2.75, 3.05) is 32.8 Å². The second-order valence-corrected chi connectivity index (χ2v) is 5.13. The molecule has 17 heavy (non-hydrogen) atoms. The van der Waals surface area contributed by atoms with Gasteiger partial charge < -0.3 is 5.11 Å². The van der Waals surface area contributed by atoms with E-state index in [1.165, 1.54) is 24.1 Å². The first-order valence-corrected chi connectivity index (χ1v) is 6.51. The predicted molar refractivity (Wildman–Crippen MR) is 67.9 cm³/mol. The zero-order chi connectivity index (χ0) is 11.7. The Labute approximate surface area is 103 Å². The Morgan fingerprint density at radius 3 is 2.71 bits per heavy atom. The van der Waals surface area contributed by atoms with Crippen molar-refractivity contribution in [1.29, 1.82) is 0 Å². The molecule has 0 aliphatic carbocycles. The molecule has 2 heterocycles. The highest BCUT2D eigenvalue weighted by atomic mass is 16.3. The largest absolute Gasteiger partial charge is 0.395 e. The molecule has 0 unspecified atom stereocenters. The van der Waals surface area contributed by atoms with E-state index in [-0.39, 0.29) is 6.61 Å². The van der Waals surface area contributed by atoms with Gasteiger partial charge in [0.2, 0.25) is 0 Å². The van der Waals surface area contributed by atoms with E-state index in [9.17, 15) is 0 Å². The molecule has 1 N–H and O–H groups in total. The van der Waals surface area contributed by atoms with Crippen LogP contribution in [0.25, 0.3) is 0 Å². The third-order valence-electron chi connectivity index (χ3n) is 4.03. The molecule has 0 amide bonds. The number of likely N-dealkylation sites (tertiary alicyclic amines) is 1. The molecule has 3 heteroatoms. The minimum Gasteiger partial charge on any atom is -0.395 e. The fraction of sp³-hybridized carbons (Fsp3) is 0.571. The minimum atomic E-state index is 0.287. The van der Waals surface area contributed by atoms with E-state index in [1.54, 1.807) is 0 Å². The SMILES string of the molecule is OCCN1CC(N2CCc3ccccc3C2)C1. The Kier molecular flexibility index (Phi) is 3.14. The van der Waals surface area contributed by atoms with Gasteiger partial charge in [0, 0.05) is 38.8 Å². The Morgan fingerprint density at radius 2 is 1.94 bits per heavy atom. The average Bonchev–Trinajstić information content (AvgIpc) is 2.33. The van der Waals surface area contributed by atoms with Crippen LogP contribution in [0.1, 0.15) is 11.1 Å². The van der Waals surface area contributed by atoms with Gasteiger partial charge in [0.05, 0.1) is 6.61 Å². The van der Waals surface area contributed by atoms with Crippen LogP contribution in [0.4, 0.5) is 0 Å².